The molecule has 0 radical (unpaired) electrons. The van der Waals surface area contributed by atoms with Crippen LogP contribution in [0.4, 0.5) is 25.3 Å². The van der Waals surface area contributed by atoms with Gasteiger partial charge in [0.2, 0.25) is 0 Å². The van der Waals surface area contributed by atoms with Gasteiger partial charge in [-0.3, -0.25) is 0 Å². The lowest BCUT2D eigenvalue weighted by molar-refractivity contribution is 0.553. The molecule has 174 valence electrons. The summed E-state index contributed by atoms with van der Waals surface area (Å²) in [4.78, 5) is 9.19. The molecule has 9 heteroatoms. The Bertz CT molecular complexity index is 1380. The Morgan fingerprint density at radius 1 is 1.15 bits per heavy atom. The van der Waals surface area contributed by atoms with E-state index in [2.05, 4.69) is 16.1 Å². The van der Waals surface area contributed by atoms with Crippen molar-refractivity contribution in [2.45, 2.75) is 32.6 Å². The van der Waals surface area contributed by atoms with Gasteiger partial charge >= 0.3 is 0 Å². The smallest absolute Gasteiger partial charge is 0.191 e. The Labute approximate surface area is 200 Å². The Kier molecular flexibility index (Phi) is 5.92. The third-order valence-corrected chi connectivity index (χ3v) is 7.27. The van der Waals surface area contributed by atoms with Gasteiger partial charge < -0.3 is 9.80 Å². The fourth-order valence-corrected chi connectivity index (χ4v) is 5.35. The molecule has 0 atom stereocenters. The number of fused-ring (bicyclic) bond motifs is 1. The van der Waals surface area contributed by atoms with Gasteiger partial charge in [-0.25, -0.2) is 18.3 Å². The number of benzene rings is 1. The van der Waals surface area contributed by atoms with Crippen LogP contribution in [0.1, 0.15) is 36.8 Å². The Morgan fingerprint density at radius 3 is 2.56 bits per heavy atom. The number of rotatable bonds is 5. The van der Waals surface area contributed by atoms with Crippen molar-refractivity contribution in [2.24, 2.45) is 0 Å². The maximum Gasteiger partial charge on any atom is 0.191 e. The van der Waals surface area contributed by atoms with Crippen molar-refractivity contribution in [1.82, 2.24) is 14.6 Å². The lowest BCUT2D eigenvalue weighted by Crippen LogP contribution is -2.30. The maximum absolute atomic E-state index is 15.0. The van der Waals surface area contributed by atoms with Gasteiger partial charge in [0, 0.05) is 25.7 Å². The number of anilines is 3. The van der Waals surface area contributed by atoms with E-state index < -0.39 is 0 Å². The lowest BCUT2D eigenvalue weighted by Gasteiger charge is -2.29. The highest BCUT2D eigenvalue weighted by Gasteiger charge is 2.24. The van der Waals surface area contributed by atoms with E-state index in [1.807, 2.05) is 24.9 Å². The number of aromatic nitrogens is 3. The number of piperidine rings is 1. The third kappa shape index (κ3) is 3.88. The van der Waals surface area contributed by atoms with Gasteiger partial charge in [0.15, 0.2) is 10.9 Å². The Morgan fingerprint density at radius 2 is 1.88 bits per heavy atom. The van der Waals surface area contributed by atoms with Crippen LogP contribution in [0.25, 0.3) is 16.8 Å². The number of hydrogen-bond acceptors (Lipinski definition) is 6. The highest BCUT2D eigenvalue weighted by atomic mass is 32.1. The maximum atomic E-state index is 15.0. The van der Waals surface area contributed by atoms with Gasteiger partial charge in [-0.2, -0.15) is 10.4 Å². The molecular weight excluding hydrogens is 454 g/mol. The second-order valence-electron chi connectivity index (χ2n) is 8.38. The lowest BCUT2D eigenvalue weighted by atomic mass is 10.1. The summed E-state index contributed by atoms with van der Waals surface area (Å²) in [5.41, 5.74) is 4.23. The van der Waals surface area contributed by atoms with Crippen molar-refractivity contribution >= 4 is 33.4 Å². The molecule has 0 spiro atoms. The van der Waals surface area contributed by atoms with E-state index in [4.69, 9.17) is 4.98 Å². The van der Waals surface area contributed by atoms with Crippen molar-refractivity contribution in [2.75, 3.05) is 29.9 Å². The minimum atomic E-state index is -0.342. The molecule has 0 bridgehead atoms. The third-order valence-electron chi connectivity index (χ3n) is 6.23. The van der Waals surface area contributed by atoms with Gasteiger partial charge in [0.1, 0.15) is 22.5 Å². The minimum Gasteiger partial charge on any atom is -0.369 e. The number of thiazole rings is 1. The molecule has 4 aromatic rings. The Hall–Kier alpha value is -3.51. The van der Waals surface area contributed by atoms with Gasteiger partial charge in [0.25, 0.3) is 0 Å². The first-order valence-corrected chi connectivity index (χ1v) is 12.2. The van der Waals surface area contributed by atoms with Gasteiger partial charge in [-0.1, -0.05) is 18.3 Å². The van der Waals surface area contributed by atoms with Crippen molar-refractivity contribution in [3.05, 3.63) is 58.7 Å². The van der Waals surface area contributed by atoms with Crippen LogP contribution in [-0.4, -0.2) is 34.7 Å². The Balaban J connectivity index is 1.61. The van der Waals surface area contributed by atoms with E-state index in [1.165, 1.54) is 36.1 Å². The van der Waals surface area contributed by atoms with Gasteiger partial charge in [-0.15, -0.1) is 0 Å². The first-order valence-electron chi connectivity index (χ1n) is 11.4. The molecular formula is C25H24F2N6S. The van der Waals surface area contributed by atoms with Crippen LogP contribution >= 0.6 is 11.3 Å². The van der Waals surface area contributed by atoms with E-state index in [1.54, 1.807) is 16.6 Å². The van der Waals surface area contributed by atoms with Crippen LogP contribution in [0.5, 0.6) is 0 Å². The molecule has 1 aromatic carbocycles. The predicted octanol–water partition coefficient (Wildman–Crippen LogP) is 5.93. The molecule has 0 saturated carbocycles. The first-order chi connectivity index (χ1) is 16.5. The summed E-state index contributed by atoms with van der Waals surface area (Å²) in [6.45, 7) is 3.69. The summed E-state index contributed by atoms with van der Waals surface area (Å²) in [7, 11) is 1.88. The monoisotopic (exact) mass is 478 g/mol. The number of halogens is 2. The summed E-state index contributed by atoms with van der Waals surface area (Å²) in [5, 5.41) is 15.0. The van der Waals surface area contributed by atoms with E-state index in [-0.39, 0.29) is 11.6 Å². The van der Waals surface area contributed by atoms with Crippen molar-refractivity contribution in [3.8, 4) is 17.3 Å². The first kappa shape index (κ1) is 22.3. The average molecular weight is 479 g/mol. The van der Waals surface area contributed by atoms with Gasteiger partial charge in [0.05, 0.1) is 28.8 Å². The van der Waals surface area contributed by atoms with Gasteiger partial charge in [-0.05, 0) is 56.0 Å². The molecule has 1 saturated heterocycles. The van der Waals surface area contributed by atoms with Crippen LogP contribution in [0.15, 0.2) is 36.5 Å². The second kappa shape index (κ2) is 9.03. The molecule has 1 aliphatic rings. The molecule has 0 aliphatic carbocycles. The zero-order valence-electron chi connectivity index (χ0n) is 19.1. The minimum absolute atomic E-state index is 0.284. The molecule has 1 fully saturated rings. The fourth-order valence-electron chi connectivity index (χ4n) is 4.50. The quantitative estimate of drug-likeness (QED) is 0.356. The number of nitrogens with zero attached hydrogens (tertiary/aromatic N) is 6. The predicted molar refractivity (Wildman–Crippen MR) is 131 cm³/mol. The standard InChI is InChI=1S/C25H24F2N6S/c1-3-19-24(21-13-20(18(27)15-33(21)30-19)32-11-5-4-6-12-32)31(2)25-29-23(22(14-28)34-25)16-7-9-17(26)10-8-16/h7-10,13,15H,3-6,11-12H2,1-2H3. The number of nitriles is 1. The van der Waals surface area contributed by atoms with Crippen LogP contribution in [0.3, 0.4) is 0 Å². The molecule has 34 heavy (non-hydrogen) atoms. The topological polar surface area (TPSA) is 60.5 Å². The highest BCUT2D eigenvalue weighted by molar-refractivity contribution is 7.16. The van der Waals surface area contributed by atoms with Crippen molar-refractivity contribution in [3.63, 3.8) is 0 Å². The van der Waals surface area contributed by atoms with E-state index in [0.29, 0.717) is 33.4 Å². The zero-order chi connectivity index (χ0) is 23.8. The van der Waals surface area contributed by atoms with Crippen LogP contribution in [-0.2, 0) is 6.42 Å². The molecule has 0 amide bonds. The summed E-state index contributed by atoms with van der Waals surface area (Å²) < 4.78 is 30.0. The number of aryl methyl sites for hydroxylation is 1. The molecule has 0 N–H and O–H groups in total. The van der Waals surface area contributed by atoms with Crippen molar-refractivity contribution in [1.29, 1.82) is 5.26 Å². The zero-order valence-corrected chi connectivity index (χ0v) is 19.9. The second-order valence-corrected chi connectivity index (χ2v) is 9.36. The normalized spacial score (nSPS) is 13.9. The number of hydrogen-bond donors (Lipinski definition) is 0. The average Bonchev–Trinajstić information content (AvgIpc) is 3.45. The molecule has 3 aromatic heterocycles. The fraction of sp³-hybridized carbons (Fsp3) is 0.320. The van der Waals surface area contributed by atoms with E-state index in [9.17, 15) is 9.65 Å². The summed E-state index contributed by atoms with van der Waals surface area (Å²) >= 11 is 1.27. The summed E-state index contributed by atoms with van der Waals surface area (Å²) in [6.07, 6.45) is 5.38. The SMILES string of the molecule is CCc1nn2cc(F)c(N3CCCCC3)cc2c1N(C)c1nc(-c2ccc(F)cc2)c(C#N)s1. The van der Waals surface area contributed by atoms with Crippen LogP contribution in [0, 0.1) is 23.0 Å². The largest absolute Gasteiger partial charge is 0.369 e. The highest BCUT2D eigenvalue weighted by Crippen LogP contribution is 2.39. The number of pyridine rings is 1. The molecule has 6 nitrogen and oxygen atoms in total. The van der Waals surface area contributed by atoms with E-state index >= 15 is 4.39 Å². The van der Waals surface area contributed by atoms with Crippen molar-refractivity contribution < 1.29 is 8.78 Å². The van der Waals surface area contributed by atoms with Crippen LogP contribution < -0.4 is 9.80 Å². The summed E-state index contributed by atoms with van der Waals surface area (Å²) in [5.74, 6) is -0.626. The molecule has 0 unspecified atom stereocenters. The summed E-state index contributed by atoms with van der Waals surface area (Å²) in [6, 6.07) is 10.0. The molecule has 4 heterocycles. The molecule has 5 rings (SSSR count). The van der Waals surface area contributed by atoms with E-state index in [0.717, 1.165) is 42.8 Å². The molecule has 1 aliphatic heterocycles. The van der Waals surface area contributed by atoms with Crippen LogP contribution in [0.2, 0.25) is 0 Å².